The van der Waals surface area contributed by atoms with Crippen LogP contribution in [0.5, 0.6) is 5.75 Å². The monoisotopic (exact) mass is 277 g/mol. The van der Waals surface area contributed by atoms with Gasteiger partial charge in [-0.1, -0.05) is 18.2 Å². The van der Waals surface area contributed by atoms with Crippen molar-refractivity contribution in [3.8, 4) is 5.75 Å². The van der Waals surface area contributed by atoms with Gasteiger partial charge in [0.15, 0.2) is 17.4 Å². The Morgan fingerprint density at radius 3 is 2.25 bits per heavy atom. The Morgan fingerprint density at radius 1 is 1.10 bits per heavy atom. The van der Waals surface area contributed by atoms with Crippen LogP contribution in [0, 0.1) is 18.6 Å². The van der Waals surface area contributed by atoms with Crippen molar-refractivity contribution in [1.29, 1.82) is 0 Å². The van der Waals surface area contributed by atoms with Crippen LogP contribution >= 0.6 is 0 Å². The van der Waals surface area contributed by atoms with Crippen molar-refractivity contribution >= 4 is 5.69 Å². The quantitative estimate of drug-likeness (QED) is 0.913. The van der Waals surface area contributed by atoms with Gasteiger partial charge in [0.05, 0.1) is 0 Å². The number of rotatable bonds is 4. The van der Waals surface area contributed by atoms with E-state index in [1.807, 2.05) is 43.0 Å². The normalized spacial score (nSPS) is 10.6. The number of phenolic OH excluding ortho intramolecular Hbond substituents is 1. The topological polar surface area (TPSA) is 23.5 Å². The predicted molar refractivity (Wildman–Crippen MR) is 75.9 cm³/mol. The van der Waals surface area contributed by atoms with Crippen LogP contribution in [0.25, 0.3) is 0 Å². The lowest BCUT2D eigenvalue weighted by molar-refractivity contribution is 0.395. The zero-order valence-electron chi connectivity index (χ0n) is 11.5. The van der Waals surface area contributed by atoms with Gasteiger partial charge >= 0.3 is 0 Å². The molecule has 0 fully saturated rings. The molecule has 0 unspecified atom stereocenters. The molecule has 0 aliphatic heterocycles. The van der Waals surface area contributed by atoms with E-state index < -0.39 is 17.4 Å². The van der Waals surface area contributed by atoms with Crippen LogP contribution in [-0.2, 0) is 6.54 Å². The first-order chi connectivity index (χ1) is 9.52. The first-order valence-corrected chi connectivity index (χ1v) is 6.50. The fourth-order valence-electron chi connectivity index (χ4n) is 2.22. The number of hydrogen-bond acceptors (Lipinski definition) is 2. The average molecular weight is 277 g/mol. The lowest BCUT2D eigenvalue weighted by Crippen LogP contribution is -2.23. The summed E-state index contributed by atoms with van der Waals surface area (Å²) in [5.74, 6) is -2.78. The van der Waals surface area contributed by atoms with Crippen LogP contribution in [0.1, 0.15) is 18.1 Å². The molecule has 2 rings (SSSR count). The second-order valence-corrected chi connectivity index (χ2v) is 4.71. The standard InChI is InChI=1S/C16H17F2NO/c1-3-19(15-7-5-4-6-11(15)2)10-12-8-13(17)16(20)14(18)9-12/h4-9,20H,3,10H2,1-2H3. The minimum absolute atomic E-state index is 0.384. The summed E-state index contributed by atoms with van der Waals surface area (Å²) in [7, 11) is 0. The lowest BCUT2D eigenvalue weighted by Gasteiger charge is -2.25. The molecule has 0 amide bonds. The number of benzene rings is 2. The van der Waals surface area contributed by atoms with Gasteiger partial charge in [-0.15, -0.1) is 0 Å². The second kappa shape index (κ2) is 5.90. The summed E-state index contributed by atoms with van der Waals surface area (Å²) in [5, 5.41) is 9.12. The molecule has 0 saturated carbocycles. The van der Waals surface area contributed by atoms with E-state index >= 15 is 0 Å². The van der Waals surface area contributed by atoms with Crippen LogP contribution in [0.15, 0.2) is 36.4 Å². The number of nitrogens with zero attached hydrogens (tertiary/aromatic N) is 1. The highest BCUT2D eigenvalue weighted by Gasteiger charge is 2.13. The van der Waals surface area contributed by atoms with Crippen molar-refractivity contribution in [2.75, 3.05) is 11.4 Å². The summed E-state index contributed by atoms with van der Waals surface area (Å²) in [6.45, 7) is 5.08. The maximum Gasteiger partial charge on any atom is 0.187 e. The van der Waals surface area contributed by atoms with Crippen LogP contribution in [0.3, 0.4) is 0 Å². The van der Waals surface area contributed by atoms with E-state index in [1.54, 1.807) is 0 Å². The van der Waals surface area contributed by atoms with Gasteiger partial charge in [0.2, 0.25) is 0 Å². The van der Waals surface area contributed by atoms with Gasteiger partial charge in [-0.05, 0) is 43.2 Å². The number of aromatic hydroxyl groups is 1. The Labute approximate surface area is 117 Å². The third kappa shape index (κ3) is 2.90. The van der Waals surface area contributed by atoms with Crippen molar-refractivity contribution in [3.05, 3.63) is 59.2 Å². The predicted octanol–water partition coefficient (Wildman–Crippen LogP) is 4.01. The highest BCUT2D eigenvalue weighted by molar-refractivity contribution is 5.53. The molecular weight excluding hydrogens is 260 g/mol. The zero-order valence-corrected chi connectivity index (χ0v) is 11.5. The zero-order chi connectivity index (χ0) is 14.7. The molecule has 0 aliphatic carbocycles. The number of para-hydroxylation sites is 1. The maximum absolute atomic E-state index is 13.4. The SMILES string of the molecule is CCN(Cc1cc(F)c(O)c(F)c1)c1ccccc1C. The van der Waals surface area contributed by atoms with E-state index in [2.05, 4.69) is 0 Å². The molecule has 0 aromatic heterocycles. The van der Waals surface area contributed by atoms with Crippen LogP contribution in [-0.4, -0.2) is 11.7 Å². The summed E-state index contributed by atoms with van der Waals surface area (Å²) >= 11 is 0. The number of phenols is 1. The molecule has 0 spiro atoms. The van der Waals surface area contributed by atoms with Gasteiger partial charge in [-0.3, -0.25) is 0 Å². The third-order valence-electron chi connectivity index (χ3n) is 3.29. The molecule has 0 heterocycles. The lowest BCUT2D eigenvalue weighted by atomic mass is 10.1. The molecule has 4 heteroatoms. The molecule has 20 heavy (non-hydrogen) atoms. The van der Waals surface area contributed by atoms with Gasteiger partial charge in [-0.2, -0.15) is 0 Å². The van der Waals surface area contributed by atoms with Gasteiger partial charge in [0, 0.05) is 18.8 Å². The largest absolute Gasteiger partial charge is 0.503 e. The highest BCUT2D eigenvalue weighted by atomic mass is 19.1. The van der Waals surface area contributed by atoms with E-state index in [9.17, 15) is 8.78 Å². The minimum atomic E-state index is -0.930. The van der Waals surface area contributed by atoms with E-state index in [1.165, 1.54) is 12.1 Å². The smallest absolute Gasteiger partial charge is 0.187 e. The maximum atomic E-state index is 13.4. The molecule has 0 atom stereocenters. The average Bonchev–Trinajstić information content (AvgIpc) is 2.43. The van der Waals surface area contributed by atoms with Crippen LogP contribution in [0.2, 0.25) is 0 Å². The molecule has 2 aromatic rings. The van der Waals surface area contributed by atoms with E-state index in [0.29, 0.717) is 12.1 Å². The molecular formula is C16H17F2NO. The van der Waals surface area contributed by atoms with Crippen molar-refractivity contribution in [2.24, 2.45) is 0 Å². The Bertz CT molecular complexity index is 590. The molecule has 106 valence electrons. The number of hydrogen-bond donors (Lipinski definition) is 1. The first kappa shape index (κ1) is 14.3. The van der Waals surface area contributed by atoms with E-state index in [4.69, 9.17) is 5.11 Å². The van der Waals surface area contributed by atoms with Crippen molar-refractivity contribution in [3.63, 3.8) is 0 Å². The highest BCUT2D eigenvalue weighted by Crippen LogP contribution is 2.25. The van der Waals surface area contributed by atoms with Crippen molar-refractivity contribution in [2.45, 2.75) is 20.4 Å². The molecule has 2 nitrogen and oxygen atoms in total. The van der Waals surface area contributed by atoms with Gasteiger partial charge in [0.1, 0.15) is 0 Å². The molecule has 1 N–H and O–H groups in total. The fraction of sp³-hybridized carbons (Fsp3) is 0.250. The summed E-state index contributed by atoms with van der Waals surface area (Å²) in [6.07, 6.45) is 0. The molecule has 0 aliphatic rings. The Kier molecular flexibility index (Phi) is 4.23. The van der Waals surface area contributed by atoms with E-state index in [0.717, 1.165) is 17.8 Å². The summed E-state index contributed by atoms with van der Waals surface area (Å²) in [5.41, 5.74) is 2.63. The van der Waals surface area contributed by atoms with Crippen LogP contribution < -0.4 is 4.90 Å². The Balaban J connectivity index is 2.30. The van der Waals surface area contributed by atoms with E-state index in [-0.39, 0.29) is 0 Å². The fourth-order valence-corrected chi connectivity index (χ4v) is 2.22. The van der Waals surface area contributed by atoms with Gasteiger partial charge in [-0.25, -0.2) is 8.78 Å². The molecule has 0 saturated heterocycles. The van der Waals surface area contributed by atoms with Gasteiger partial charge < -0.3 is 10.0 Å². The first-order valence-electron chi connectivity index (χ1n) is 6.50. The summed E-state index contributed by atoms with van der Waals surface area (Å²) in [4.78, 5) is 2.03. The third-order valence-corrected chi connectivity index (χ3v) is 3.29. The number of halogens is 2. The number of anilines is 1. The summed E-state index contributed by atoms with van der Waals surface area (Å²) in [6, 6.07) is 10.2. The van der Waals surface area contributed by atoms with Gasteiger partial charge in [0.25, 0.3) is 0 Å². The number of aryl methyl sites for hydroxylation is 1. The molecule has 0 radical (unpaired) electrons. The summed E-state index contributed by atoms with van der Waals surface area (Å²) < 4.78 is 26.7. The minimum Gasteiger partial charge on any atom is -0.503 e. The second-order valence-electron chi connectivity index (χ2n) is 4.71. The van der Waals surface area contributed by atoms with Crippen molar-refractivity contribution < 1.29 is 13.9 Å². The van der Waals surface area contributed by atoms with Crippen molar-refractivity contribution in [1.82, 2.24) is 0 Å². The van der Waals surface area contributed by atoms with Crippen LogP contribution in [0.4, 0.5) is 14.5 Å². The molecule has 0 bridgehead atoms. The molecule has 2 aromatic carbocycles. The Hall–Kier alpha value is -2.10. The Morgan fingerprint density at radius 2 is 1.70 bits per heavy atom.